The molecule has 0 saturated carbocycles. The van der Waals surface area contributed by atoms with Crippen LogP contribution in [-0.4, -0.2) is 16.2 Å². The van der Waals surface area contributed by atoms with Crippen molar-refractivity contribution in [2.45, 2.75) is 4.90 Å². The molecule has 2 nitrogen and oxygen atoms in total. The minimum atomic E-state index is -0.195. The Labute approximate surface area is 73.2 Å². The van der Waals surface area contributed by atoms with Crippen molar-refractivity contribution in [2.75, 3.05) is 6.26 Å². The maximum absolute atomic E-state index is 13.1. The Bertz CT molecular complexity index is 410. The molecule has 1 aromatic carbocycles. The molecule has 0 saturated heterocycles. The summed E-state index contributed by atoms with van der Waals surface area (Å²) in [5, 5.41) is 0. The van der Waals surface area contributed by atoms with Crippen LogP contribution in [0.15, 0.2) is 23.4 Å². The predicted molar refractivity (Wildman–Crippen MR) is 47.8 cm³/mol. The van der Waals surface area contributed by atoms with Gasteiger partial charge in [-0.1, -0.05) is 0 Å². The van der Waals surface area contributed by atoms with E-state index in [1.807, 2.05) is 6.26 Å². The summed E-state index contributed by atoms with van der Waals surface area (Å²) in [7, 11) is 0. The molecule has 1 heterocycles. The third-order valence-electron chi connectivity index (χ3n) is 1.69. The number of imidazole rings is 1. The third kappa shape index (κ3) is 1.08. The van der Waals surface area contributed by atoms with E-state index in [4.69, 9.17) is 0 Å². The molecule has 0 spiro atoms. The first-order valence-electron chi connectivity index (χ1n) is 3.48. The molecular weight excluding hydrogens is 175 g/mol. The second kappa shape index (κ2) is 2.79. The number of nitrogens with one attached hydrogen (secondary N) is 1. The average molecular weight is 182 g/mol. The number of fused-ring (bicyclic) bond motifs is 1. The molecule has 0 atom stereocenters. The van der Waals surface area contributed by atoms with Gasteiger partial charge in [-0.25, -0.2) is 9.37 Å². The van der Waals surface area contributed by atoms with Gasteiger partial charge in [-0.2, -0.15) is 0 Å². The zero-order valence-electron chi connectivity index (χ0n) is 6.47. The lowest BCUT2D eigenvalue weighted by Crippen LogP contribution is -1.80. The van der Waals surface area contributed by atoms with Crippen molar-refractivity contribution in [3.63, 3.8) is 0 Å². The fourth-order valence-corrected chi connectivity index (χ4v) is 1.58. The van der Waals surface area contributed by atoms with Gasteiger partial charge >= 0.3 is 0 Å². The molecular formula is C8H7FN2S. The van der Waals surface area contributed by atoms with E-state index >= 15 is 0 Å². The van der Waals surface area contributed by atoms with Crippen molar-refractivity contribution in [3.8, 4) is 0 Å². The monoisotopic (exact) mass is 182 g/mol. The lowest BCUT2D eigenvalue weighted by atomic mass is 10.3. The van der Waals surface area contributed by atoms with Crippen LogP contribution in [0.1, 0.15) is 0 Å². The van der Waals surface area contributed by atoms with Crippen LogP contribution in [0.4, 0.5) is 4.39 Å². The molecule has 0 aliphatic rings. The van der Waals surface area contributed by atoms with Gasteiger partial charge in [0.1, 0.15) is 5.82 Å². The third-order valence-corrected chi connectivity index (χ3v) is 2.45. The van der Waals surface area contributed by atoms with Crippen LogP contribution in [-0.2, 0) is 0 Å². The number of rotatable bonds is 1. The largest absolute Gasteiger partial charge is 0.345 e. The van der Waals surface area contributed by atoms with Crippen LogP contribution in [0.25, 0.3) is 11.0 Å². The minimum absolute atomic E-state index is 0.195. The van der Waals surface area contributed by atoms with Gasteiger partial charge in [-0.05, 0) is 12.3 Å². The first kappa shape index (κ1) is 7.61. The topological polar surface area (TPSA) is 28.7 Å². The Kier molecular flexibility index (Phi) is 1.77. The summed E-state index contributed by atoms with van der Waals surface area (Å²) in [6.07, 6.45) is 3.41. The fourth-order valence-electron chi connectivity index (χ4n) is 1.09. The Hall–Kier alpha value is -1.03. The number of H-pyrrole nitrogens is 1. The van der Waals surface area contributed by atoms with E-state index in [1.54, 1.807) is 12.4 Å². The minimum Gasteiger partial charge on any atom is -0.345 e. The second-order valence-corrected chi connectivity index (χ2v) is 3.25. The molecule has 2 rings (SSSR count). The van der Waals surface area contributed by atoms with Crippen LogP contribution in [0, 0.1) is 5.82 Å². The summed E-state index contributed by atoms with van der Waals surface area (Å²) in [5.74, 6) is -0.195. The molecule has 2 aromatic rings. The quantitative estimate of drug-likeness (QED) is 0.686. The molecule has 1 aromatic heterocycles. The first-order chi connectivity index (χ1) is 5.81. The fraction of sp³-hybridized carbons (Fsp3) is 0.125. The Morgan fingerprint density at radius 2 is 2.33 bits per heavy atom. The second-order valence-electron chi connectivity index (χ2n) is 2.41. The number of aromatic amines is 1. The number of hydrogen-bond acceptors (Lipinski definition) is 2. The highest BCUT2D eigenvalue weighted by atomic mass is 32.2. The highest BCUT2D eigenvalue weighted by molar-refractivity contribution is 7.98. The molecule has 0 amide bonds. The van der Waals surface area contributed by atoms with Crippen LogP contribution >= 0.6 is 11.8 Å². The molecule has 1 N–H and O–H groups in total. The van der Waals surface area contributed by atoms with Crippen molar-refractivity contribution < 1.29 is 4.39 Å². The number of benzene rings is 1. The summed E-state index contributed by atoms with van der Waals surface area (Å²) in [5.41, 5.74) is 1.55. The van der Waals surface area contributed by atoms with Gasteiger partial charge in [0, 0.05) is 11.0 Å². The average Bonchev–Trinajstić information content (AvgIpc) is 2.49. The van der Waals surface area contributed by atoms with E-state index in [-0.39, 0.29) is 5.82 Å². The van der Waals surface area contributed by atoms with Crippen LogP contribution in [0.3, 0.4) is 0 Å². The van der Waals surface area contributed by atoms with E-state index in [2.05, 4.69) is 9.97 Å². The highest BCUT2D eigenvalue weighted by Crippen LogP contribution is 2.23. The van der Waals surface area contributed by atoms with E-state index in [9.17, 15) is 4.39 Å². The molecule has 62 valence electrons. The van der Waals surface area contributed by atoms with Gasteiger partial charge in [0.2, 0.25) is 0 Å². The predicted octanol–water partition coefficient (Wildman–Crippen LogP) is 2.42. The lowest BCUT2D eigenvalue weighted by molar-refractivity contribution is 0.604. The van der Waals surface area contributed by atoms with Crippen molar-refractivity contribution in [1.82, 2.24) is 9.97 Å². The molecule has 0 aliphatic carbocycles. The molecule has 4 heteroatoms. The number of thioether (sulfide) groups is 1. The van der Waals surface area contributed by atoms with E-state index in [0.717, 1.165) is 11.0 Å². The Balaban J connectivity index is 2.73. The summed E-state index contributed by atoms with van der Waals surface area (Å²) < 4.78 is 13.1. The zero-order valence-corrected chi connectivity index (χ0v) is 7.28. The Morgan fingerprint density at radius 3 is 3.08 bits per heavy atom. The van der Waals surface area contributed by atoms with Crippen LogP contribution in [0.2, 0.25) is 0 Å². The maximum Gasteiger partial charge on any atom is 0.138 e. The molecule has 0 bridgehead atoms. The molecule has 12 heavy (non-hydrogen) atoms. The summed E-state index contributed by atoms with van der Waals surface area (Å²) in [6.45, 7) is 0. The number of hydrogen-bond donors (Lipinski definition) is 1. The number of halogens is 1. The van der Waals surface area contributed by atoms with E-state index in [0.29, 0.717) is 4.90 Å². The normalized spacial score (nSPS) is 10.8. The number of nitrogens with zero attached hydrogens (tertiary/aromatic N) is 1. The van der Waals surface area contributed by atoms with Crippen LogP contribution in [0.5, 0.6) is 0 Å². The van der Waals surface area contributed by atoms with Crippen molar-refractivity contribution in [3.05, 3.63) is 24.3 Å². The van der Waals surface area contributed by atoms with Crippen LogP contribution < -0.4 is 0 Å². The smallest absolute Gasteiger partial charge is 0.138 e. The van der Waals surface area contributed by atoms with E-state index in [1.165, 1.54) is 17.8 Å². The maximum atomic E-state index is 13.1. The first-order valence-corrected chi connectivity index (χ1v) is 4.70. The van der Waals surface area contributed by atoms with Gasteiger partial charge in [-0.15, -0.1) is 11.8 Å². The standard InChI is InChI=1S/C8H7FN2S/c1-12-8-3-7-6(2-5(8)9)10-4-11-7/h2-4H,1H3,(H,10,11). The highest BCUT2D eigenvalue weighted by Gasteiger charge is 2.04. The molecule has 0 radical (unpaired) electrons. The SMILES string of the molecule is CSc1cc2nc[nH]c2cc1F. The van der Waals surface area contributed by atoms with Gasteiger partial charge < -0.3 is 4.98 Å². The summed E-state index contributed by atoms with van der Waals surface area (Å²) >= 11 is 1.38. The van der Waals surface area contributed by atoms with Gasteiger partial charge in [0.15, 0.2) is 0 Å². The summed E-state index contributed by atoms with van der Waals surface area (Å²) in [4.78, 5) is 7.52. The van der Waals surface area contributed by atoms with Crippen molar-refractivity contribution in [1.29, 1.82) is 0 Å². The van der Waals surface area contributed by atoms with E-state index < -0.39 is 0 Å². The van der Waals surface area contributed by atoms with Crippen molar-refractivity contribution in [2.24, 2.45) is 0 Å². The Morgan fingerprint density at radius 1 is 1.50 bits per heavy atom. The lowest BCUT2D eigenvalue weighted by Gasteiger charge is -1.97. The van der Waals surface area contributed by atoms with Gasteiger partial charge in [0.25, 0.3) is 0 Å². The molecule has 0 unspecified atom stereocenters. The zero-order chi connectivity index (χ0) is 8.55. The number of aromatic nitrogens is 2. The molecule has 0 aliphatic heterocycles. The van der Waals surface area contributed by atoms with Gasteiger partial charge in [-0.3, -0.25) is 0 Å². The molecule has 0 fully saturated rings. The van der Waals surface area contributed by atoms with Crippen molar-refractivity contribution >= 4 is 22.8 Å². The summed E-state index contributed by atoms with van der Waals surface area (Å²) in [6, 6.07) is 3.21. The van der Waals surface area contributed by atoms with Gasteiger partial charge in [0.05, 0.1) is 17.4 Å².